The SMILES string of the molecule is COC(=O)C(OC(C)=O)c1ccc(/C=C/C(=O)NC(C(=O)N2CCCC2C(=O)N(Cc2ccc(CNC(=O)OCC3c4ccccc4-c4ccccc43)cc2)c2ccc(C(N)=O)cc2)C(C)(C)C)cc1. The van der Waals surface area contributed by atoms with E-state index in [2.05, 4.69) is 34.9 Å². The van der Waals surface area contributed by atoms with Gasteiger partial charge in [0.2, 0.25) is 29.7 Å². The third-order valence-corrected chi connectivity index (χ3v) is 12.5. The highest BCUT2D eigenvalue weighted by Gasteiger charge is 2.43. The molecule has 1 heterocycles. The fourth-order valence-electron chi connectivity index (χ4n) is 8.82. The van der Waals surface area contributed by atoms with Crippen molar-refractivity contribution in [2.75, 3.05) is 25.2 Å². The van der Waals surface area contributed by atoms with Gasteiger partial charge in [-0.2, -0.15) is 0 Å². The second kappa shape index (κ2) is 21.9. The zero-order valence-electron chi connectivity index (χ0n) is 39.8. The minimum atomic E-state index is -1.25. The van der Waals surface area contributed by atoms with Crippen molar-refractivity contribution in [2.24, 2.45) is 11.1 Å². The monoisotopic (exact) mass is 947 g/mol. The molecule has 0 spiro atoms. The van der Waals surface area contributed by atoms with Crippen LogP contribution in [-0.4, -0.2) is 78.9 Å². The first kappa shape index (κ1) is 49.8. The number of primary amides is 1. The van der Waals surface area contributed by atoms with Gasteiger partial charge in [-0.3, -0.25) is 24.0 Å². The summed E-state index contributed by atoms with van der Waals surface area (Å²) < 4.78 is 15.6. The van der Waals surface area contributed by atoms with Gasteiger partial charge in [0.15, 0.2) is 0 Å². The summed E-state index contributed by atoms with van der Waals surface area (Å²) in [5, 5.41) is 5.71. The van der Waals surface area contributed by atoms with E-state index < -0.39 is 59.4 Å². The Morgan fingerprint density at radius 1 is 0.814 bits per heavy atom. The number of carbonyl (C=O) groups is 7. The minimum absolute atomic E-state index is 0.0653. The number of carbonyl (C=O) groups excluding carboxylic acids is 7. The summed E-state index contributed by atoms with van der Waals surface area (Å²) in [6.45, 7) is 7.48. The van der Waals surface area contributed by atoms with Gasteiger partial charge in [-0.1, -0.05) is 118 Å². The molecule has 0 bridgehead atoms. The maximum atomic E-state index is 14.8. The number of likely N-dealkylation sites (tertiary alicyclic amines) is 1. The molecular weight excluding hydrogens is 891 g/mol. The Balaban J connectivity index is 1.01. The van der Waals surface area contributed by atoms with Gasteiger partial charge in [0.1, 0.15) is 18.7 Å². The first-order chi connectivity index (χ1) is 33.5. The van der Waals surface area contributed by atoms with Gasteiger partial charge in [-0.05, 0) is 87.5 Å². The van der Waals surface area contributed by atoms with Gasteiger partial charge in [-0.15, -0.1) is 0 Å². The number of nitrogens with one attached hydrogen (secondary N) is 2. The van der Waals surface area contributed by atoms with E-state index in [1.54, 1.807) is 59.5 Å². The molecule has 5 aromatic rings. The number of ether oxygens (including phenoxy) is 3. The fourth-order valence-corrected chi connectivity index (χ4v) is 8.82. The number of alkyl carbamates (subject to hydrolysis) is 1. The highest BCUT2D eigenvalue weighted by Crippen LogP contribution is 2.44. The molecule has 1 aliphatic carbocycles. The van der Waals surface area contributed by atoms with Crippen LogP contribution >= 0.6 is 0 Å². The molecule has 0 saturated carbocycles. The van der Waals surface area contributed by atoms with Crippen LogP contribution in [0.25, 0.3) is 17.2 Å². The molecule has 0 radical (unpaired) electrons. The maximum absolute atomic E-state index is 14.8. The first-order valence-corrected chi connectivity index (χ1v) is 23.0. The molecule has 15 nitrogen and oxygen atoms in total. The summed E-state index contributed by atoms with van der Waals surface area (Å²) in [6, 6.07) is 34.6. The lowest BCUT2D eigenvalue weighted by atomic mass is 9.85. The molecule has 1 saturated heterocycles. The number of hydrogen-bond donors (Lipinski definition) is 3. The van der Waals surface area contributed by atoms with Crippen molar-refractivity contribution in [3.8, 4) is 11.1 Å². The quantitative estimate of drug-likeness (QED) is 0.0509. The van der Waals surface area contributed by atoms with Crippen LogP contribution in [0.15, 0.2) is 127 Å². The van der Waals surface area contributed by atoms with Crippen molar-refractivity contribution < 1.29 is 47.8 Å². The van der Waals surface area contributed by atoms with Crippen LogP contribution in [0.2, 0.25) is 0 Å². The standard InChI is InChI=1S/C55H57N5O10/c1-34(61)70-48(53(66)68-5)38-23-20-35(21-24-38)22-29-47(62)58-49(55(2,3)4)52(65)59-30-10-15-46(59)51(64)60(40-27-25-39(26-28-40)50(56)63)32-37-18-16-36(17-19-37)31-57-54(67)69-33-45-43-13-8-6-11-41(43)42-12-7-9-14-44(42)45/h6-9,11-14,16-29,45-46,48-49H,10,15,30-33H2,1-5H3,(H2,56,63)(H,57,67)(H,58,62)/b29-22+. The van der Waals surface area contributed by atoms with Crippen LogP contribution in [0.1, 0.15) is 96.3 Å². The van der Waals surface area contributed by atoms with E-state index in [0.29, 0.717) is 36.2 Å². The molecule has 15 heteroatoms. The number of hydrogen-bond acceptors (Lipinski definition) is 10. The van der Waals surface area contributed by atoms with Crippen LogP contribution in [0.4, 0.5) is 10.5 Å². The number of nitrogens with zero attached hydrogens (tertiary/aromatic N) is 2. The van der Waals surface area contributed by atoms with Gasteiger partial charge in [0.25, 0.3) is 0 Å². The zero-order chi connectivity index (χ0) is 50.1. The average Bonchev–Trinajstić information content (AvgIpc) is 3.98. The third kappa shape index (κ3) is 11.8. The number of nitrogens with two attached hydrogens (primary N) is 1. The lowest BCUT2D eigenvalue weighted by Crippen LogP contribution is -2.57. The number of esters is 2. The number of rotatable bonds is 16. The smallest absolute Gasteiger partial charge is 0.407 e. The van der Waals surface area contributed by atoms with E-state index in [4.69, 9.17) is 19.9 Å². The van der Waals surface area contributed by atoms with Crippen molar-refractivity contribution >= 4 is 53.4 Å². The van der Waals surface area contributed by atoms with Gasteiger partial charge in [0.05, 0.1) is 13.7 Å². The van der Waals surface area contributed by atoms with Crippen molar-refractivity contribution in [3.05, 3.63) is 166 Å². The molecule has 362 valence electrons. The highest BCUT2D eigenvalue weighted by molar-refractivity contribution is 6.02. The van der Waals surface area contributed by atoms with Crippen molar-refractivity contribution in [1.82, 2.24) is 15.5 Å². The Kier molecular flexibility index (Phi) is 15.6. The zero-order valence-corrected chi connectivity index (χ0v) is 39.8. The molecule has 0 aromatic heterocycles. The van der Waals surface area contributed by atoms with E-state index in [1.165, 1.54) is 25.0 Å². The molecule has 5 aromatic carbocycles. The van der Waals surface area contributed by atoms with Crippen LogP contribution in [-0.2, 0) is 51.3 Å². The first-order valence-electron chi connectivity index (χ1n) is 23.0. The summed E-state index contributed by atoms with van der Waals surface area (Å²) in [5.74, 6) is -3.37. The summed E-state index contributed by atoms with van der Waals surface area (Å²) in [5.41, 5.74) is 12.6. The Bertz CT molecular complexity index is 2740. The Labute approximate surface area is 407 Å². The van der Waals surface area contributed by atoms with Crippen molar-refractivity contribution in [3.63, 3.8) is 0 Å². The second-order valence-electron chi connectivity index (χ2n) is 18.3. The van der Waals surface area contributed by atoms with Gasteiger partial charge in [-0.25, -0.2) is 9.59 Å². The summed E-state index contributed by atoms with van der Waals surface area (Å²) in [7, 11) is 1.19. The lowest BCUT2D eigenvalue weighted by Gasteiger charge is -2.36. The Hall–Kier alpha value is -8.07. The molecule has 70 heavy (non-hydrogen) atoms. The Morgan fingerprint density at radius 2 is 1.43 bits per heavy atom. The molecule has 1 fully saturated rings. The van der Waals surface area contributed by atoms with Crippen LogP contribution in [0.3, 0.4) is 0 Å². The normalized spacial score (nSPS) is 15.0. The largest absolute Gasteiger partial charge is 0.466 e. The van der Waals surface area contributed by atoms with E-state index in [0.717, 1.165) is 33.4 Å². The molecule has 2 aliphatic rings. The van der Waals surface area contributed by atoms with E-state index in [1.807, 2.05) is 69.3 Å². The second-order valence-corrected chi connectivity index (χ2v) is 18.3. The summed E-state index contributed by atoms with van der Waals surface area (Å²) in [6.07, 6.45) is 1.98. The fraction of sp³-hybridized carbons (Fsp3) is 0.291. The number of methoxy groups -OCH3 is 1. The predicted octanol–water partition coefficient (Wildman–Crippen LogP) is 7.37. The number of amides is 5. The van der Waals surface area contributed by atoms with Gasteiger partial charge < -0.3 is 40.4 Å². The molecule has 4 N–H and O–H groups in total. The Morgan fingerprint density at radius 3 is 2.01 bits per heavy atom. The summed E-state index contributed by atoms with van der Waals surface area (Å²) >= 11 is 0. The van der Waals surface area contributed by atoms with Gasteiger partial charge >= 0.3 is 18.0 Å². The van der Waals surface area contributed by atoms with E-state index in [-0.39, 0.29) is 37.1 Å². The predicted molar refractivity (Wildman–Crippen MR) is 263 cm³/mol. The number of fused-ring (bicyclic) bond motifs is 3. The number of anilines is 1. The molecular formula is C55H57N5O10. The topological polar surface area (TPSA) is 204 Å². The van der Waals surface area contributed by atoms with E-state index >= 15 is 0 Å². The molecule has 3 unspecified atom stereocenters. The third-order valence-electron chi connectivity index (χ3n) is 12.5. The van der Waals surface area contributed by atoms with Crippen molar-refractivity contribution in [1.29, 1.82) is 0 Å². The molecule has 5 amide bonds. The van der Waals surface area contributed by atoms with Crippen LogP contribution < -0.4 is 21.3 Å². The van der Waals surface area contributed by atoms with E-state index in [9.17, 15) is 33.6 Å². The minimum Gasteiger partial charge on any atom is -0.466 e. The lowest BCUT2D eigenvalue weighted by molar-refractivity contribution is -0.165. The summed E-state index contributed by atoms with van der Waals surface area (Å²) in [4.78, 5) is 94.6. The van der Waals surface area contributed by atoms with Crippen LogP contribution in [0, 0.1) is 5.41 Å². The van der Waals surface area contributed by atoms with Gasteiger partial charge in [0, 0.05) is 48.8 Å². The van der Waals surface area contributed by atoms with Crippen molar-refractivity contribution in [2.45, 2.75) is 77.7 Å². The van der Waals surface area contributed by atoms with Crippen LogP contribution in [0.5, 0.6) is 0 Å². The highest BCUT2D eigenvalue weighted by atomic mass is 16.6. The maximum Gasteiger partial charge on any atom is 0.407 e. The molecule has 7 rings (SSSR count). The molecule has 1 aliphatic heterocycles. The molecule has 3 atom stereocenters. The number of benzene rings is 5. The average molecular weight is 948 g/mol.